The summed E-state index contributed by atoms with van der Waals surface area (Å²) >= 11 is 1.77. The van der Waals surface area contributed by atoms with Crippen molar-refractivity contribution in [3.05, 3.63) is 0 Å². The summed E-state index contributed by atoms with van der Waals surface area (Å²) in [6, 6.07) is 0. The molecule has 0 aromatic carbocycles. The first kappa shape index (κ1) is 24.0. The third-order valence-corrected chi connectivity index (χ3v) is 1.92. The maximum absolute atomic E-state index is 4.95. The van der Waals surface area contributed by atoms with Crippen LogP contribution in [0.5, 0.6) is 0 Å². The Bertz CT molecular complexity index is 59.4. The van der Waals surface area contributed by atoms with Crippen LogP contribution >= 0.6 is 37.2 Å². The van der Waals surface area contributed by atoms with Gasteiger partial charge in [0.1, 0.15) is 0 Å². The molecule has 0 saturated heterocycles. The van der Waals surface area contributed by atoms with Gasteiger partial charge in [-0.2, -0.15) is 0 Å². The van der Waals surface area contributed by atoms with E-state index >= 15 is 0 Å². The maximum Gasteiger partial charge on any atom is -0.147 e. The summed E-state index contributed by atoms with van der Waals surface area (Å²) in [5.41, 5.74) is 0. The van der Waals surface area contributed by atoms with E-state index in [0.717, 1.165) is 6.61 Å². The van der Waals surface area contributed by atoms with Crippen LogP contribution in [0, 0.1) is 0 Å². The van der Waals surface area contributed by atoms with Crippen LogP contribution in [0.2, 0.25) is 0 Å². The van der Waals surface area contributed by atoms with Crippen LogP contribution in [-0.4, -0.2) is 6.61 Å². The SMILES string of the molecule is CCCCCCCC[O][Ti].Cl.Cl.Cl. The van der Waals surface area contributed by atoms with E-state index in [2.05, 4.69) is 6.92 Å². The zero-order chi connectivity index (χ0) is 7.66. The molecule has 1 nitrogen and oxygen atoms in total. The van der Waals surface area contributed by atoms with Crippen molar-refractivity contribution >= 4 is 37.2 Å². The first-order valence-corrected chi connectivity index (χ1v) is 4.84. The fourth-order valence-corrected chi connectivity index (χ4v) is 1.18. The number of unbranched alkanes of at least 4 members (excludes halogenated alkanes) is 5. The van der Waals surface area contributed by atoms with Gasteiger partial charge in [0.25, 0.3) is 0 Å². The summed E-state index contributed by atoms with van der Waals surface area (Å²) in [6.45, 7) is 3.18. The average molecular weight is 286 g/mol. The molecular formula is C8H20Cl3OTi. The summed E-state index contributed by atoms with van der Waals surface area (Å²) in [6.07, 6.45) is 8.10. The van der Waals surface area contributed by atoms with E-state index in [1.54, 1.807) is 20.8 Å². The number of halogens is 3. The van der Waals surface area contributed by atoms with Gasteiger partial charge < -0.3 is 0 Å². The molecule has 0 atom stereocenters. The Hall–Kier alpha value is 1.54. The Balaban J connectivity index is -0.000000135. The van der Waals surface area contributed by atoms with Crippen molar-refractivity contribution in [3.8, 4) is 0 Å². The Morgan fingerprint density at radius 3 is 1.77 bits per heavy atom. The van der Waals surface area contributed by atoms with E-state index in [-0.39, 0.29) is 37.2 Å². The van der Waals surface area contributed by atoms with Crippen molar-refractivity contribution in [2.24, 2.45) is 0 Å². The Morgan fingerprint density at radius 2 is 1.31 bits per heavy atom. The molecule has 0 radical (unpaired) electrons. The van der Waals surface area contributed by atoms with Crippen LogP contribution in [0.4, 0.5) is 0 Å². The van der Waals surface area contributed by atoms with E-state index in [4.69, 9.17) is 3.32 Å². The maximum atomic E-state index is 4.95. The third-order valence-electron chi connectivity index (χ3n) is 1.60. The largest absolute Gasteiger partial charge is 0.147 e. The molecular weight excluding hydrogens is 266 g/mol. The fourth-order valence-electron chi connectivity index (χ4n) is 0.955. The second-order valence-electron chi connectivity index (χ2n) is 2.62. The van der Waals surface area contributed by atoms with Crippen LogP contribution in [0.15, 0.2) is 0 Å². The number of hydrogen-bond acceptors (Lipinski definition) is 1. The molecule has 0 N–H and O–H groups in total. The summed E-state index contributed by atoms with van der Waals surface area (Å²) in [5.74, 6) is 0. The monoisotopic (exact) mass is 285 g/mol. The van der Waals surface area contributed by atoms with Crippen molar-refractivity contribution < 1.29 is 24.1 Å². The molecule has 0 amide bonds. The predicted molar refractivity (Wildman–Crippen MR) is 61.1 cm³/mol. The molecule has 0 aliphatic rings. The number of hydrogen-bond donors (Lipinski definition) is 0. The molecule has 0 aliphatic carbocycles. The van der Waals surface area contributed by atoms with Gasteiger partial charge in [0.15, 0.2) is 0 Å². The molecule has 0 unspecified atom stereocenters. The van der Waals surface area contributed by atoms with Crippen molar-refractivity contribution in [2.45, 2.75) is 45.4 Å². The zero-order valence-corrected chi connectivity index (χ0v) is 12.1. The van der Waals surface area contributed by atoms with Gasteiger partial charge >= 0.3 is 76.2 Å². The minimum absolute atomic E-state index is 0. The molecule has 13 heavy (non-hydrogen) atoms. The quantitative estimate of drug-likeness (QED) is 0.506. The summed E-state index contributed by atoms with van der Waals surface area (Å²) in [7, 11) is 0. The normalized spacial score (nSPS) is 7.69. The molecule has 0 aromatic heterocycles. The van der Waals surface area contributed by atoms with Crippen molar-refractivity contribution in [3.63, 3.8) is 0 Å². The Kier molecular flexibility index (Phi) is 43.2. The van der Waals surface area contributed by atoms with Gasteiger partial charge in [-0.3, -0.25) is 0 Å². The first-order valence-electron chi connectivity index (χ1n) is 4.20. The molecule has 0 aliphatic heterocycles. The molecule has 0 spiro atoms. The van der Waals surface area contributed by atoms with Gasteiger partial charge in [-0.15, -0.1) is 37.2 Å². The molecule has 0 aromatic rings. The number of rotatable bonds is 7. The van der Waals surface area contributed by atoms with E-state index < -0.39 is 0 Å². The van der Waals surface area contributed by atoms with Gasteiger partial charge in [-0.25, -0.2) is 0 Å². The van der Waals surface area contributed by atoms with Gasteiger partial charge in [0, 0.05) is 0 Å². The summed E-state index contributed by atoms with van der Waals surface area (Å²) < 4.78 is 4.95. The van der Waals surface area contributed by atoms with Crippen molar-refractivity contribution in [1.82, 2.24) is 0 Å². The van der Waals surface area contributed by atoms with Crippen molar-refractivity contribution in [2.75, 3.05) is 6.61 Å². The zero-order valence-electron chi connectivity index (χ0n) is 8.08. The minimum Gasteiger partial charge on any atom is -0.147 e. The van der Waals surface area contributed by atoms with Gasteiger partial charge in [-0.1, -0.05) is 0 Å². The first-order chi connectivity index (χ1) is 4.91. The molecule has 0 fully saturated rings. The van der Waals surface area contributed by atoms with Gasteiger partial charge in [0.2, 0.25) is 0 Å². The molecule has 83 valence electrons. The fraction of sp³-hybridized carbons (Fsp3) is 1.00. The van der Waals surface area contributed by atoms with Crippen LogP contribution < -0.4 is 0 Å². The molecule has 0 heterocycles. The second-order valence-corrected chi connectivity index (χ2v) is 3.07. The molecule has 0 bridgehead atoms. The molecule has 0 saturated carbocycles. The van der Waals surface area contributed by atoms with Crippen LogP contribution in [0.25, 0.3) is 0 Å². The Morgan fingerprint density at radius 1 is 0.846 bits per heavy atom. The molecule has 0 rings (SSSR count). The topological polar surface area (TPSA) is 9.23 Å². The van der Waals surface area contributed by atoms with Gasteiger partial charge in [0.05, 0.1) is 0 Å². The van der Waals surface area contributed by atoms with Crippen LogP contribution in [-0.2, 0) is 24.1 Å². The Labute approximate surface area is 113 Å². The second kappa shape index (κ2) is 23.4. The third kappa shape index (κ3) is 24.7. The van der Waals surface area contributed by atoms with Crippen LogP contribution in [0.3, 0.4) is 0 Å². The minimum atomic E-state index is 0. The smallest absolute Gasteiger partial charge is 0.147 e. The summed E-state index contributed by atoms with van der Waals surface area (Å²) in [4.78, 5) is 0. The van der Waals surface area contributed by atoms with Crippen molar-refractivity contribution in [1.29, 1.82) is 0 Å². The van der Waals surface area contributed by atoms with E-state index in [0.29, 0.717) is 0 Å². The van der Waals surface area contributed by atoms with E-state index in [1.807, 2.05) is 0 Å². The standard InChI is InChI=1S/C8H17O.3ClH.Ti/c1-2-3-4-5-6-7-8-9;;;;/h2-8H2,1H3;3*1H;/q-1;;;;+1. The predicted octanol–water partition coefficient (Wildman–Crippen LogP) is 4.09. The van der Waals surface area contributed by atoms with Gasteiger partial charge in [-0.05, 0) is 0 Å². The summed E-state index contributed by atoms with van der Waals surface area (Å²) in [5, 5.41) is 0. The van der Waals surface area contributed by atoms with E-state index in [1.165, 1.54) is 38.5 Å². The average Bonchev–Trinajstić information content (AvgIpc) is 1.97. The molecule has 5 heteroatoms. The van der Waals surface area contributed by atoms with Crippen LogP contribution in [0.1, 0.15) is 45.4 Å². The van der Waals surface area contributed by atoms with E-state index in [9.17, 15) is 0 Å².